The van der Waals surface area contributed by atoms with Crippen LogP contribution in [0.25, 0.3) is 0 Å². The maximum absolute atomic E-state index is 12.0. The number of pyridine rings is 1. The average Bonchev–Trinajstić information content (AvgIpc) is 2.65. The first-order valence-corrected chi connectivity index (χ1v) is 8.82. The molecule has 1 saturated heterocycles. The molecular formula is C16H20N2O6S. The molecule has 1 aromatic rings. The van der Waals surface area contributed by atoms with Gasteiger partial charge in [0.15, 0.2) is 12.8 Å². The molecule has 1 fully saturated rings. The van der Waals surface area contributed by atoms with Crippen molar-refractivity contribution in [3.63, 3.8) is 0 Å². The van der Waals surface area contributed by atoms with Crippen LogP contribution in [-0.4, -0.2) is 55.3 Å². The lowest BCUT2D eigenvalue weighted by Crippen LogP contribution is -2.42. The molecule has 0 spiro atoms. The monoisotopic (exact) mass is 368 g/mol. The van der Waals surface area contributed by atoms with Crippen LogP contribution in [0.3, 0.4) is 0 Å². The smallest absolute Gasteiger partial charge is 0.317 e. The van der Waals surface area contributed by atoms with Gasteiger partial charge >= 0.3 is 11.9 Å². The highest BCUT2D eigenvalue weighted by Gasteiger charge is 2.28. The number of hydrogen-bond acceptors (Lipinski definition) is 7. The minimum atomic E-state index is -0.563. The lowest BCUT2D eigenvalue weighted by Gasteiger charge is -2.30. The van der Waals surface area contributed by atoms with Crippen LogP contribution in [0.4, 0.5) is 0 Å². The molecule has 2 heterocycles. The van der Waals surface area contributed by atoms with Gasteiger partial charge in [0.2, 0.25) is 0 Å². The van der Waals surface area contributed by atoms with Gasteiger partial charge in [-0.05, 0) is 30.7 Å². The van der Waals surface area contributed by atoms with Gasteiger partial charge in [-0.2, -0.15) is 4.73 Å². The van der Waals surface area contributed by atoms with Gasteiger partial charge in [0.05, 0.1) is 13.0 Å². The fourth-order valence-electron chi connectivity index (χ4n) is 2.46. The summed E-state index contributed by atoms with van der Waals surface area (Å²) in [7, 11) is 1.35. The number of nitrogens with zero attached hydrogens (tertiary/aromatic N) is 2. The molecule has 0 radical (unpaired) electrons. The Bertz CT molecular complexity index is 631. The molecule has 2 rings (SSSR count). The molecule has 8 nitrogen and oxygen atoms in total. The van der Waals surface area contributed by atoms with Crippen molar-refractivity contribution in [2.75, 3.05) is 32.6 Å². The number of carbonyl (C=O) groups is 3. The van der Waals surface area contributed by atoms with Crippen LogP contribution in [0.2, 0.25) is 0 Å². The predicted octanol–water partition coefficient (Wildman–Crippen LogP) is 0.367. The van der Waals surface area contributed by atoms with Crippen molar-refractivity contribution in [1.29, 1.82) is 0 Å². The first-order valence-electron chi connectivity index (χ1n) is 7.83. The van der Waals surface area contributed by atoms with Crippen molar-refractivity contribution in [3.05, 3.63) is 29.6 Å². The zero-order valence-corrected chi connectivity index (χ0v) is 14.7. The van der Waals surface area contributed by atoms with Gasteiger partial charge in [0.1, 0.15) is 5.75 Å². The highest BCUT2D eigenvalue weighted by molar-refractivity contribution is 7.99. The zero-order chi connectivity index (χ0) is 18.2. The molecule has 0 atom stereocenters. The third kappa shape index (κ3) is 5.63. The van der Waals surface area contributed by atoms with Crippen molar-refractivity contribution in [3.8, 4) is 0 Å². The summed E-state index contributed by atoms with van der Waals surface area (Å²) in [5.74, 6) is -1.35. The molecule has 0 saturated carbocycles. The Morgan fingerprint density at radius 2 is 2.04 bits per heavy atom. The SMILES string of the molecule is COC(=O)C1CCN(C(=O)COC(=O)CSc2cccc[n+]2[O-])CC1. The van der Waals surface area contributed by atoms with Gasteiger partial charge in [-0.15, -0.1) is 0 Å². The van der Waals surface area contributed by atoms with E-state index in [0.29, 0.717) is 35.7 Å². The lowest BCUT2D eigenvalue weighted by molar-refractivity contribution is -0.645. The number of rotatable bonds is 6. The zero-order valence-electron chi connectivity index (χ0n) is 13.9. The van der Waals surface area contributed by atoms with Crippen LogP contribution in [0, 0.1) is 11.1 Å². The van der Waals surface area contributed by atoms with E-state index in [1.807, 2.05) is 0 Å². The maximum atomic E-state index is 12.0. The van der Waals surface area contributed by atoms with Gasteiger partial charge < -0.3 is 19.6 Å². The number of amides is 1. The summed E-state index contributed by atoms with van der Waals surface area (Å²) in [4.78, 5) is 36.8. The number of methoxy groups -OCH3 is 1. The molecule has 1 aliphatic heterocycles. The van der Waals surface area contributed by atoms with E-state index in [-0.39, 0.29) is 30.2 Å². The number of carbonyl (C=O) groups excluding carboxylic acids is 3. The van der Waals surface area contributed by atoms with E-state index in [1.165, 1.54) is 13.3 Å². The molecule has 1 amide bonds. The highest BCUT2D eigenvalue weighted by atomic mass is 32.2. The first-order chi connectivity index (χ1) is 12.0. The van der Waals surface area contributed by atoms with Crippen molar-refractivity contribution in [1.82, 2.24) is 4.90 Å². The lowest BCUT2D eigenvalue weighted by atomic mass is 9.97. The van der Waals surface area contributed by atoms with Gasteiger partial charge in [-0.3, -0.25) is 14.4 Å². The molecule has 25 heavy (non-hydrogen) atoms. The van der Waals surface area contributed by atoms with E-state index in [0.717, 1.165) is 11.8 Å². The van der Waals surface area contributed by atoms with Gasteiger partial charge in [-0.1, -0.05) is 0 Å². The standard InChI is InChI=1S/C16H20N2O6S/c1-23-16(21)12-5-8-17(9-6-12)13(19)10-24-15(20)11-25-14-4-2-3-7-18(14)22/h2-4,7,12H,5-6,8-11H2,1H3. The maximum Gasteiger partial charge on any atom is 0.317 e. The van der Waals surface area contributed by atoms with Gasteiger partial charge in [0.25, 0.3) is 10.9 Å². The summed E-state index contributed by atoms with van der Waals surface area (Å²) in [5.41, 5.74) is 0. The summed E-state index contributed by atoms with van der Waals surface area (Å²) in [6.45, 7) is 0.532. The van der Waals surface area contributed by atoms with Crippen molar-refractivity contribution in [2.24, 2.45) is 5.92 Å². The highest BCUT2D eigenvalue weighted by Crippen LogP contribution is 2.18. The minimum absolute atomic E-state index is 0.0516. The van der Waals surface area contributed by atoms with Crippen LogP contribution < -0.4 is 4.73 Å². The Morgan fingerprint density at radius 1 is 1.32 bits per heavy atom. The van der Waals surface area contributed by atoms with Crippen LogP contribution in [0.5, 0.6) is 0 Å². The number of hydrogen-bond donors (Lipinski definition) is 0. The van der Waals surface area contributed by atoms with E-state index in [4.69, 9.17) is 9.47 Å². The average molecular weight is 368 g/mol. The topological polar surface area (TPSA) is 99.8 Å². The Morgan fingerprint density at radius 3 is 2.68 bits per heavy atom. The quantitative estimate of drug-likeness (QED) is 0.309. The van der Waals surface area contributed by atoms with Gasteiger partial charge in [0, 0.05) is 25.2 Å². The number of likely N-dealkylation sites (tertiary alicyclic amines) is 1. The number of thioether (sulfide) groups is 1. The fraction of sp³-hybridized carbons (Fsp3) is 0.500. The second-order valence-electron chi connectivity index (χ2n) is 5.49. The van der Waals surface area contributed by atoms with Crippen LogP contribution in [0.15, 0.2) is 29.4 Å². The Hall–Kier alpha value is -2.29. The molecule has 1 aromatic heterocycles. The largest absolute Gasteiger partial charge is 0.618 e. The second-order valence-corrected chi connectivity index (χ2v) is 6.49. The number of piperidine rings is 1. The molecule has 0 unspecified atom stereocenters. The summed E-state index contributed by atoms with van der Waals surface area (Å²) < 4.78 is 10.3. The fourth-order valence-corrected chi connectivity index (χ4v) is 3.18. The van der Waals surface area contributed by atoms with Crippen molar-refractivity contribution in [2.45, 2.75) is 17.9 Å². The van der Waals surface area contributed by atoms with E-state index in [1.54, 1.807) is 23.1 Å². The van der Waals surface area contributed by atoms with E-state index < -0.39 is 5.97 Å². The second kappa shape index (κ2) is 9.26. The number of esters is 2. The van der Waals surface area contributed by atoms with E-state index in [2.05, 4.69) is 0 Å². The van der Waals surface area contributed by atoms with Crippen LogP contribution >= 0.6 is 11.8 Å². The third-order valence-electron chi connectivity index (χ3n) is 3.87. The van der Waals surface area contributed by atoms with E-state index in [9.17, 15) is 19.6 Å². The first kappa shape index (κ1) is 19.0. The molecular weight excluding hydrogens is 348 g/mol. The summed E-state index contributed by atoms with van der Waals surface area (Å²) >= 11 is 1.05. The minimum Gasteiger partial charge on any atom is -0.618 e. The van der Waals surface area contributed by atoms with Crippen LogP contribution in [-0.2, 0) is 23.9 Å². The summed E-state index contributed by atoms with van der Waals surface area (Å²) in [6.07, 6.45) is 2.43. The Balaban J connectivity index is 1.69. The van der Waals surface area contributed by atoms with Gasteiger partial charge in [-0.25, -0.2) is 0 Å². The van der Waals surface area contributed by atoms with Crippen molar-refractivity contribution < 1.29 is 28.6 Å². The molecule has 0 N–H and O–H groups in total. The molecule has 9 heteroatoms. The Labute approximate surface area is 149 Å². The molecule has 0 aliphatic carbocycles. The summed E-state index contributed by atoms with van der Waals surface area (Å²) in [6, 6.07) is 4.89. The molecule has 0 aromatic carbocycles. The third-order valence-corrected chi connectivity index (χ3v) is 4.86. The normalized spacial score (nSPS) is 14.8. The van der Waals surface area contributed by atoms with E-state index >= 15 is 0 Å². The molecule has 136 valence electrons. The number of ether oxygens (including phenoxy) is 2. The summed E-state index contributed by atoms with van der Waals surface area (Å²) in [5, 5.41) is 11.8. The molecule has 0 bridgehead atoms. The van der Waals surface area contributed by atoms with Crippen molar-refractivity contribution >= 4 is 29.6 Å². The predicted molar refractivity (Wildman–Crippen MR) is 88.4 cm³/mol. The molecule has 1 aliphatic rings. The van der Waals surface area contributed by atoms with Crippen LogP contribution in [0.1, 0.15) is 12.8 Å². The number of aromatic nitrogens is 1. The Kier molecular flexibility index (Phi) is 7.05.